The zero-order valence-corrected chi connectivity index (χ0v) is 10.6. The quantitative estimate of drug-likeness (QED) is 0.630. The van der Waals surface area contributed by atoms with Gasteiger partial charge in [-0.3, -0.25) is 4.79 Å². The van der Waals surface area contributed by atoms with Gasteiger partial charge in [-0.25, -0.2) is 0 Å². The van der Waals surface area contributed by atoms with Crippen molar-refractivity contribution in [2.45, 2.75) is 26.7 Å². The van der Waals surface area contributed by atoms with Gasteiger partial charge in [0.25, 0.3) is 0 Å². The molecule has 0 aliphatic carbocycles. The Labute approximate surface area is 103 Å². The lowest BCUT2D eigenvalue weighted by atomic mass is 9.98. The zero-order valence-electron chi connectivity index (χ0n) is 10.6. The van der Waals surface area contributed by atoms with Gasteiger partial charge >= 0.3 is 0 Å². The van der Waals surface area contributed by atoms with Crippen molar-refractivity contribution in [2.24, 2.45) is 5.92 Å². The highest BCUT2D eigenvalue weighted by Crippen LogP contribution is 2.28. The predicted molar refractivity (Wildman–Crippen MR) is 71.5 cm³/mol. The average Bonchev–Trinajstić information content (AvgIpc) is 2.30. The fourth-order valence-electron chi connectivity index (χ4n) is 2.31. The van der Waals surface area contributed by atoms with E-state index in [1.54, 1.807) is 13.0 Å². The Morgan fingerprint density at radius 2 is 2.00 bits per heavy atom. The lowest BCUT2D eigenvalue weighted by Gasteiger charge is -2.33. The van der Waals surface area contributed by atoms with Gasteiger partial charge in [-0.15, -0.1) is 0 Å². The Balaban J connectivity index is 2.19. The van der Waals surface area contributed by atoms with Crippen molar-refractivity contribution in [3.63, 3.8) is 0 Å². The van der Waals surface area contributed by atoms with Crippen LogP contribution in [0.5, 0.6) is 0 Å². The number of hydrogen-bond acceptors (Lipinski definition) is 3. The second-order valence-electron chi connectivity index (χ2n) is 5.00. The topological polar surface area (TPSA) is 46.3 Å². The van der Waals surface area contributed by atoms with E-state index in [9.17, 15) is 4.79 Å². The third-order valence-corrected chi connectivity index (χ3v) is 3.56. The summed E-state index contributed by atoms with van der Waals surface area (Å²) in [4.78, 5) is 13.6. The maximum Gasteiger partial charge on any atom is 0.159 e. The maximum atomic E-state index is 11.3. The van der Waals surface area contributed by atoms with Gasteiger partial charge in [0.1, 0.15) is 0 Å². The van der Waals surface area contributed by atoms with E-state index in [-0.39, 0.29) is 5.78 Å². The molecule has 0 aromatic heterocycles. The molecule has 1 saturated heterocycles. The van der Waals surface area contributed by atoms with Gasteiger partial charge in [0.15, 0.2) is 5.78 Å². The fourth-order valence-corrected chi connectivity index (χ4v) is 2.31. The van der Waals surface area contributed by atoms with E-state index in [4.69, 9.17) is 5.73 Å². The van der Waals surface area contributed by atoms with Gasteiger partial charge in [-0.1, -0.05) is 6.92 Å². The minimum absolute atomic E-state index is 0.0653. The van der Waals surface area contributed by atoms with Crippen molar-refractivity contribution in [3.05, 3.63) is 23.8 Å². The molecular formula is C14H20N2O. The van der Waals surface area contributed by atoms with Gasteiger partial charge in [0, 0.05) is 18.7 Å². The molecule has 0 radical (unpaired) electrons. The first-order valence-electron chi connectivity index (χ1n) is 6.23. The van der Waals surface area contributed by atoms with Crippen molar-refractivity contribution < 1.29 is 4.79 Å². The second-order valence-corrected chi connectivity index (χ2v) is 5.00. The number of piperidine rings is 1. The molecule has 0 bridgehead atoms. The van der Waals surface area contributed by atoms with Crippen LogP contribution >= 0.6 is 0 Å². The number of benzene rings is 1. The van der Waals surface area contributed by atoms with E-state index in [1.807, 2.05) is 12.1 Å². The number of Topliss-reactive ketones (excluding diaryl/α,β-unsaturated/α-hetero) is 1. The third-order valence-electron chi connectivity index (χ3n) is 3.56. The smallest absolute Gasteiger partial charge is 0.159 e. The number of carbonyl (C=O) groups excluding carboxylic acids is 1. The van der Waals surface area contributed by atoms with E-state index in [0.29, 0.717) is 11.3 Å². The van der Waals surface area contributed by atoms with E-state index < -0.39 is 0 Å². The van der Waals surface area contributed by atoms with E-state index in [0.717, 1.165) is 24.7 Å². The van der Waals surface area contributed by atoms with E-state index >= 15 is 0 Å². The molecule has 0 spiro atoms. The minimum Gasteiger partial charge on any atom is -0.397 e. The lowest BCUT2D eigenvalue weighted by Crippen LogP contribution is -2.33. The predicted octanol–water partition coefficient (Wildman–Crippen LogP) is 2.71. The summed E-state index contributed by atoms with van der Waals surface area (Å²) in [6, 6.07) is 5.63. The summed E-state index contributed by atoms with van der Waals surface area (Å²) >= 11 is 0. The molecule has 1 heterocycles. The number of carbonyl (C=O) groups is 1. The maximum absolute atomic E-state index is 11.3. The summed E-state index contributed by atoms with van der Waals surface area (Å²) in [7, 11) is 0. The normalized spacial score (nSPS) is 17.2. The lowest BCUT2D eigenvalue weighted by molar-refractivity contribution is 0.101. The van der Waals surface area contributed by atoms with Crippen LogP contribution in [0.3, 0.4) is 0 Å². The second kappa shape index (κ2) is 4.78. The van der Waals surface area contributed by atoms with Crippen LogP contribution in [-0.2, 0) is 0 Å². The first-order valence-corrected chi connectivity index (χ1v) is 6.23. The van der Waals surface area contributed by atoms with E-state index in [2.05, 4.69) is 11.8 Å². The van der Waals surface area contributed by atoms with Gasteiger partial charge < -0.3 is 10.6 Å². The molecular weight excluding hydrogens is 212 g/mol. The molecule has 0 amide bonds. The molecule has 1 aromatic rings. The Morgan fingerprint density at radius 3 is 2.53 bits per heavy atom. The summed E-state index contributed by atoms with van der Waals surface area (Å²) in [5.74, 6) is 0.875. The van der Waals surface area contributed by atoms with Crippen molar-refractivity contribution in [1.29, 1.82) is 0 Å². The molecule has 0 unspecified atom stereocenters. The van der Waals surface area contributed by atoms with Crippen LogP contribution in [0.1, 0.15) is 37.0 Å². The van der Waals surface area contributed by atoms with Crippen molar-refractivity contribution in [2.75, 3.05) is 23.7 Å². The Bertz CT molecular complexity index is 420. The molecule has 0 saturated carbocycles. The Morgan fingerprint density at radius 1 is 1.35 bits per heavy atom. The molecule has 3 heteroatoms. The highest BCUT2D eigenvalue weighted by Gasteiger charge is 2.18. The van der Waals surface area contributed by atoms with Crippen LogP contribution in [0.15, 0.2) is 18.2 Å². The van der Waals surface area contributed by atoms with Gasteiger partial charge in [0.05, 0.1) is 11.4 Å². The highest BCUT2D eigenvalue weighted by atomic mass is 16.1. The SMILES string of the molecule is CC(=O)c1ccc(N2CCC(C)CC2)c(N)c1. The summed E-state index contributed by atoms with van der Waals surface area (Å²) in [6.07, 6.45) is 2.43. The summed E-state index contributed by atoms with van der Waals surface area (Å²) < 4.78 is 0. The molecule has 92 valence electrons. The molecule has 2 N–H and O–H groups in total. The van der Waals surface area contributed by atoms with Crippen LogP contribution in [-0.4, -0.2) is 18.9 Å². The molecule has 0 atom stereocenters. The van der Waals surface area contributed by atoms with Crippen LogP contribution in [0.2, 0.25) is 0 Å². The number of nitrogen functional groups attached to an aromatic ring is 1. The van der Waals surface area contributed by atoms with Crippen molar-refractivity contribution >= 4 is 17.2 Å². The highest BCUT2D eigenvalue weighted by molar-refractivity contribution is 5.96. The van der Waals surface area contributed by atoms with E-state index in [1.165, 1.54) is 12.8 Å². The van der Waals surface area contributed by atoms with Gasteiger partial charge in [-0.05, 0) is 43.9 Å². The standard InChI is InChI=1S/C14H20N2O/c1-10-5-7-16(8-6-10)14-4-3-12(11(2)17)9-13(14)15/h3-4,9-10H,5-8,15H2,1-2H3. The Kier molecular flexibility index (Phi) is 3.36. The first kappa shape index (κ1) is 12.0. The number of nitrogens with two attached hydrogens (primary N) is 1. The van der Waals surface area contributed by atoms with Gasteiger partial charge in [-0.2, -0.15) is 0 Å². The molecule has 1 aliphatic rings. The fraction of sp³-hybridized carbons (Fsp3) is 0.500. The molecule has 2 rings (SSSR count). The number of nitrogens with zero attached hydrogens (tertiary/aromatic N) is 1. The van der Waals surface area contributed by atoms with Crippen LogP contribution in [0.25, 0.3) is 0 Å². The molecule has 1 aromatic carbocycles. The summed E-state index contributed by atoms with van der Waals surface area (Å²) in [6.45, 7) is 5.98. The Hall–Kier alpha value is -1.51. The van der Waals surface area contributed by atoms with Gasteiger partial charge in [0.2, 0.25) is 0 Å². The van der Waals surface area contributed by atoms with Crippen LogP contribution in [0.4, 0.5) is 11.4 Å². The van der Waals surface area contributed by atoms with Crippen molar-refractivity contribution in [1.82, 2.24) is 0 Å². The van der Waals surface area contributed by atoms with Crippen molar-refractivity contribution in [3.8, 4) is 0 Å². The zero-order chi connectivity index (χ0) is 12.4. The minimum atomic E-state index is 0.0653. The molecule has 1 aliphatic heterocycles. The number of rotatable bonds is 2. The van der Waals surface area contributed by atoms with Crippen LogP contribution in [0, 0.1) is 5.92 Å². The third kappa shape index (κ3) is 2.60. The summed E-state index contributed by atoms with van der Waals surface area (Å²) in [5, 5.41) is 0. The average molecular weight is 232 g/mol. The first-order chi connectivity index (χ1) is 8.08. The number of anilines is 2. The summed E-state index contributed by atoms with van der Waals surface area (Å²) in [5.41, 5.74) is 8.51. The van der Waals surface area contributed by atoms with Crippen LogP contribution < -0.4 is 10.6 Å². The molecule has 3 nitrogen and oxygen atoms in total. The molecule has 17 heavy (non-hydrogen) atoms. The monoisotopic (exact) mass is 232 g/mol. The largest absolute Gasteiger partial charge is 0.397 e. The molecule has 1 fully saturated rings. The number of hydrogen-bond donors (Lipinski definition) is 1. The number of ketones is 1.